The van der Waals surface area contributed by atoms with Gasteiger partial charge >= 0.3 is 17.9 Å². The molecule has 1 saturated heterocycles. The number of hydrogen-bond donors (Lipinski definition) is 2. The van der Waals surface area contributed by atoms with Crippen LogP contribution in [-0.2, 0) is 47.0 Å². The van der Waals surface area contributed by atoms with Crippen LogP contribution in [0.15, 0.2) is 102 Å². The van der Waals surface area contributed by atoms with Crippen molar-refractivity contribution in [1.29, 1.82) is 0 Å². The Morgan fingerprint density at radius 3 is 1.89 bits per heavy atom. The zero-order chi connectivity index (χ0) is 53.7. The van der Waals surface area contributed by atoms with Crippen LogP contribution in [0.25, 0.3) is 0 Å². The molecule has 10 atom stereocenters. The fourth-order valence-electron chi connectivity index (χ4n) is 11.8. The molecule has 2 bridgehead atoms. The van der Waals surface area contributed by atoms with Gasteiger partial charge in [0.15, 0.2) is 28.3 Å². The van der Waals surface area contributed by atoms with E-state index in [9.17, 15) is 19.5 Å². The predicted molar refractivity (Wildman–Crippen MR) is 279 cm³/mol. The Morgan fingerprint density at radius 1 is 0.836 bits per heavy atom. The summed E-state index contributed by atoms with van der Waals surface area (Å²) in [4.78, 5) is 89.6. The third kappa shape index (κ3) is 9.76. The molecule has 14 nitrogen and oxygen atoms in total. The van der Waals surface area contributed by atoms with Gasteiger partial charge in [0.25, 0.3) is 5.91 Å². The number of aliphatic hydroxyl groups is 1. The van der Waals surface area contributed by atoms with Crippen LogP contribution in [0.2, 0.25) is 36.3 Å². The molecular weight excluding hydrogens is 963 g/mol. The lowest BCUT2D eigenvalue weighted by Gasteiger charge is -2.67. The molecule has 0 radical (unpaired) electrons. The molecule has 3 aromatic rings. The summed E-state index contributed by atoms with van der Waals surface area (Å²) >= 11 is 0. The van der Waals surface area contributed by atoms with Gasteiger partial charge in [-0.2, -0.15) is 0 Å². The van der Waals surface area contributed by atoms with Gasteiger partial charge in [-0.3, -0.25) is 19.2 Å². The van der Waals surface area contributed by atoms with E-state index in [4.69, 9.17) is 27.8 Å². The van der Waals surface area contributed by atoms with Crippen molar-refractivity contribution in [2.24, 2.45) is 16.7 Å². The molecule has 1 amide bonds. The van der Waals surface area contributed by atoms with Gasteiger partial charge in [0.1, 0.15) is 23.9 Å². The Labute approximate surface area is 432 Å². The number of ether oxygens (including phenoxy) is 4. The molecule has 1 aliphatic heterocycles. The number of rotatable bonds is 16. The van der Waals surface area contributed by atoms with Crippen molar-refractivity contribution in [3.8, 4) is 0 Å². The zero-order valence-corrected chi connectivity index (χ0v) is 46.8. The van der Waals surface area contributed by atoms with Crippen LogP contribution < -0.4 is 5.32 Å². The van der Waals surface area contributed by atoms with Crippen LogP contribution in [0.3, 0.4) is 0 Å². The second kappa shape index (κ2) is 20.5. The van der Waals surface area contributed by atoms with E-state index >= 15 is 14.4 Å². The van der Waals surface area contributed by atoms with Crippen molar-refractivity contribution in [2.45, 2.75) is 173 Å². The number of fused-ring (bicyclic) bond motifs is 5. The van der Waals surface area contributed by atoms with E-state index in [0.717, 1.165) is 0 Å². The maximum atomic E-state index is 16.0. The van der Waals surface area contributed by atoms with Gasteiger partial charge in [-0.1, -0.05) is 122 Å². The van der Waals surface area contributed by atoms with Gasteiger partial charge < -0.3 is 38.2 Å². The number of nitrogens with one attached hydrogen (secondary N) is 1. The summed E-state index contributed by atoms with van der Waals surface area (Å²) in [6.07, 6.45) is -6.90. The van der Waals surface area contributed by atoms with E-state index in [1.54, 1.807) is 113 Å². The molecule has 0 aromatic heterocycles. The standard InChI is InChI=1S/C57H75NO13Si2/c1-14-73(15-2,16-3)70-41-32-42-56(34-66-42,69-36(5)59)47-49(68-51(63)39-30-24-19-25-31-39)57(65)33-40(35(4)43(54(57,9)10)45(60)48(61)55(41,47)11)67-52(64)46(71-72(12,13)53(6,7)8)44(37-26-20-17-21-27-37)58-50(62)38-28-22-18-23-29-38/h17-31,40-42,44,46-47,49,65H,14-16,32-34H2,1-13H3,(H,58,62)/t40-,41-,42+,44-,46+,47-,49-,55+,56-,57+/m0/s1. The minimum atomic E-state index is -2.92. The summed E-state index contributed by atoms with van der Waals surface area (Å²) in [6, 6.07) is 26.7. The first-order chi connectivity index (χ1) is 34.2. The van der Waals surface area contributed by atoms with E-state index in [-0.39, 0.29) is 29.7 Å². The Kier molecular flexibility index (Phi) is 15.7. The first kappa shape index (κ1) is 55.6. The van der Waals surface area contributed by atoms with Crippen LogP contribution in [0.5, 0.6) is 0 Å². The summed E-state index contributed by atoms with van der Waals surface area (Å²) in [6.45, 7) is 23.6. The molecule has 3 aliphatic carbocycles. The Hall–Kier alpha value is -5.11. The average molecular weight is 1040 g/mol. The van der Waals surface area contributed by atoms with Gasteiger partial charge in [0.2, 0.25) is 11.6 Å². The fraction of sp³-hybridized carbons (Fsp3) is 0.544. The van der Waals surface area contributed by atoms with Gasteiger partial charge in [-0.25, -0.2) is 9.59 Å². The van der Waals surface area contributed by atoms with Crippen LogP contribution in [0.1, 0.15) is 121 Å². The van der Waals surface area contributed by atoms with Gasteiger partial charge in [-0.15, -0.1) is 0 Å². The molecular formula is C57H75NO13Si2. The molecule has 0 spiro atoms. The molecule has 7 rings (SSSR count). The van der Waals surface area contributed by atoms with Crippen molar-refractivity contribution in [3.63, 3.8) is 0 Å². The minimum absolute atomic E-state index is 0.0759. The highest BCUT2D eigenvalue weighted by Gasteiger charge is 2.78. The lowest BCUT2D eigenvalue weighted by molar-refractivity contribution is -0.342. The number of carbonyl (C=O) groups is 6. The van der Waals surface area contributed by atoms with Crippen LogP contribution in [-0.4, -0.2) is 105 Å². The summed E-state index contributed by atoms with van der Waals surface area (Å²) in [5.41, 5.74) is -6.49. The Bertz CT molecular complexity index is 2600. The summed E-state index contributed by atoms with van der Waals surface area (Å²) in [5.74, 6) is -6.19. The minimum Gasteiger partial charge on any atom is -0.456 e. The SMILES string of the molecule is CC[Si](CC)(CC)O[C@H]1C[C@H]2OC[C@@]2(OC(C)=O)[C@H]2[C@H](OC(=O)c3ccccc3)[C@]3(O)C[C@H](OC(=O)[C@H](O[Si](C)(C)C(C)(C)C)[C@@H](NC(=O)c4ccccc4)c4ccccc4)C(C)=C(C(=O)C(=O)[C@]12C)C3(C)C. The first-order valence-electron chi connectivity index (χ1n) is 25.8. The van der Waals surface area contributed by atoms with Crippen molar-refractivity contribution < 1.29 is 61.7 Å². The van der Waals surface area contributed by atoms with Crippen molar-refractivity contribution >= 4 is 52.0 Å². The van der Waals surface area contributed by atoms with Gasteiger partial charge in [-0.05, 0) is 85.5 Å². The number of ketones is 2. The molecule has 2 saturated carbocycles. The molecule has 2 N–H and O–H groups in total. The number of esters is 3. The number of benzene rings is 3. The van der Waals surface area contributed by atoms with Crippen molar-refractivity contribution in [2.75, 3.05) is 6.61 Å². The van der Waals surface area contributed by atoms with Crippen LogP contribution in [0, 0.1) is 16.7 Å². The zero-order valence-electron chi connectivity index (χ0n) is 44.8. The average Bonchev–Trinajstić information content (AvgIpc) is 3.35. The highest BCUT2D eigenvalue weighted by Crippen LogP contribution is 2.64. The van der Waals surface area contributed by atoms with Crippen molar-refractivity contribution in [3.05, 3.63) is 119 Å². The van der Waals surface area contributed by atoms with E-state index in [1.807, 2.05) is 60.7 Å². The molecule has 4 aliphatic rings. The Morgan fingerprint density at radius 2 is 1.38 bits per heavy atom. The largest absolute Gasteiger partial charge is 0.456 e. The lowest BCUT2D eigenvalue weighted by Crippen LogP contribution is -2.82. The van der Waals surface area contributed by atoms with Gasteiger partial charge in [0, 0.05) is 36.3 Å². The molecule has 73 heavy (non-hydrogen) atoms. The molecule has 16 heteroatoms. The smallest absolute Gasteiger partial charge is 0.338 e. The van der Waals surface area contributed by atoms with E-state index < -0.39 is 128 Å². The number of carbonyl (C=O) groups excluding carboxylic acids is 6. The van der Waals surface area contributed by atoms with E-state index in [0.29, 0.717) is 29.3 Å². The maximum Gasteiger partial charge on any atom is 0.338 e. The quantitative estimate of drug-likeness (QED) is 0.0598. The fourth-order valence-corrected chi connectivity index (χ4v) is 15.9. The van der Waals surface area contributed by atoms with Crippen molar-refractivity contribution in [1.82, 2.24) is 5.32 Å². The summed E-state index contributed by atoms with van der Waals surface area (Å²) < 4.78 is 40.2. The van der Waals surface area contributed by atoms with Crippen LogP contribution in [0.4, 0.5) is 0 Å². The second-order valence-corrected chi connectivity index (χ2v) is 32.3. The third-order valence-corrected chi connectivity index (χ3v) is 26.6. The normalized spacial score (nSPS) is 28.7. The number of amides is 1. The van der Waals surface area contributed by atoms with E-state index in [2.05, 4.69) is 5.32 Å². The lowest BCUT2D eigenvalue weighted by atomic mass is 9.45. The molecule has 1 heterocycles. The Balaban J connectivity index is 1.45. The molecule has 3 fully saturated rings. The number of Topliss-reactive ketones (excluding diaryl/α,β-unsaturated/α-hetero) is 2. The molecule has 0 unspecified atom stereocenters. The maximum absolute atomic E-state index is 16.0. The van der Waals surface area contributed by atoms with Gasteiger partial charge in [0.05, 0.1) is 35.6 Å². The highest BCUT2D eigenvalue weighted by molar-refractivity contribution is 6.74. The summed E-state index contributed by atoms with van der Waals surface area (Å²) in [7, 11) is -5.54. The third-order valence-electron chi connectivity index (χ3n) is 17.5. The monoisotopic (exact) mass is 1040 g/mol. The second-order valence-electron chi connectivity index (χ2n) is 22.8. The summed E-state index contributed by atoms with van der Waals surface area (Å²) in [5, 5.41) is 16.8. The van der Waals surface area contributed by atoms with E-state index in [1.165, 1.54) is 6.92 Å². The molecule has 394 valence electrons. The van der Waals surface area contributed by atoms with Crippen LogP contribution >= 0.6 is 0 Å². The molecule has 3 aromatic carbocycles. The highest BCUT2D eigenvalue weighted by atomic mass is 28.4. The topological polar surface area (TPSA) is 190 Å². The number of hydrogen-bond acceptors (Lipinski definition) is 13. The predicted octanol–water partition coefficient (Wildman–Crippen LogP) is 9.43. The first-order valence-corrected chi connectivity index (χ1v) is 31.2.